The molecule has 2 aromatic carbocycles. The molecule has 42 heavy (non-hydrogen) atoms. The van der Waals surface area contributed by atoms with Gasteiger partial charge >= 0.3 is 0 Å². The van der Waals surface area contributed by atoms with Crippen LogP contribution in [0.3, 0.4) is 0 Å². The van der Waals surface area contributed by atoms with E-state index < -0.39 is 47.3 Å². The van der Waals surface area contributed by atoms with Gasteiger partial charge in [0.15, 0.2) is 5.78 Å². The van der Waals surface area contributed by atoms with Crippen LogP contribution >= 0.6 is 0 Å². The predicted molar refractivity (Wildman–Crippen MR) is 153 cm³/mol. The number of nitrogens with one attached hydrogen (secondary N) is 1. The van der Waals surface area contributed by atoms with Gasteiger partial charge < -0.3 is 36.2 Å². The molecule has 3 aliphatic rings. The molecule has 4 atom stereocenters. The lowest BCUT2D eigenvalue weighted by atomic mass is 9.57. The van der Waals surface area contributed by atoms with Crippen molar-refractivity contribution in [2.75, 3.05) is 34.4 Å². The van der Waals surface area contributed by atoms with Gasteiger partial charge in [-0.1, -0.05) is 18.2 Å². The molecular weight excluding hydrogens is 542 g/mol. The fourth-order valence-corrected chi connectivity index (χ4v) is 6.80. The molecule has 2 aromatic rings. The van der Waals surface area contributed by atoms with Crippen molar-refractivity contribution in [1.82, 2.24) is 10.2 Å². The van der Waals surface area contributed by atoms with Crippen molar-refractivity contribution in [2.45, 2.75) is 30.9 Å². The number of nitrogens with two attached hydrogens (primary N) is 1. The minimum atomic E-state index is -2.10. The first-order valence-corrected chi connectivity index (χ1v) is 13.7. The molecule has 0 aliphatic heterocycles. The van der Waals surface area contributed by atoms with Gasteiger partial charge in [0.25, 0.3) is 5.91 Å². The Hall–Kier alpha value is -4.19. The number of rotatable bonds is 7. The number of amides is 2. The summed E-state index contributed by atoms with van der Waals surface area (Å²) >= 11 is 0. The van der Waals surface area contributed by atoms with Crippen LogP contribution in [0.1, 0.15) is 34.3 Å². The molecule has 11 nitrogen and oxygen atoms in total. The Morgan fingerprint density at radius 2 is 1.90 bits per heavy atom. The highest BCUT2D eigenvalue weighted by atomic mass is 16.5. The van der Waals surface area contributed by atoms with Crippen LogP contribution in [0.4, 0.5) is 0 Å². The number of hydrogen-bond acceptors (Lipinski definition) is 9. The number of aliphatic hydroxyl groups is 3. The molecule has 0 bridgehead atoms. The molecule has 5 rings (SSSR count). The van der Waals surface area contributed by atoms with Crippen molar-refractivity contribution in [3.8, 4) is 16.9 Å². The van der Waals surface area contributed by atoms with E-state index in [0.717, 1.165) is 0 Å². The molecule has 1 fully saturated rings. The first-order valence-electron chi connectivity index (χ1n) is 13.7. The van der Waals surface area contributed by atoms with E-state index in [-0.39, 0.29) is 47.0 Å². The number of Topliss-reactive ketones (excluding diaryl/α,β-unsaturated/α-hetero) is 1. The number of aromatic hydroxyl groups is 1. The minimum Gasteiger partial charge on any atom is -0.510 e. The molecule has 0 saturated heterocycles. The Morgan fingerprint density at radius 1 is 1.17 bits per heavy atom. The minimum absolute atomic E-state index is 0.0253. The number of methoxy groups -OCH3 is 1. The van der Waals surface area contributed by atoms with Gasteiger partial charge in [-0.15, -0.1) is 0 Å². The Balaban J connectivity index is 1.60. The average molecular weight is 578 g/mol. The van der Waals surface area contributed by atoms with Gasteiger partial charge in [0, 0.05) is 37.1 Å². The van der Waals surface area contributed by atoms with Crippen LogP contribution in [0.2, 0.25) is 0 Å². The van der Waals surface area contributed by atoms with Gasteiger partial charge in [0.2, 0.25) is 5.91 Å². The van der Waals surface area contributed by atoms with Crippen molar-refractivity contribution >= 4 is 23.4 Å². The number of ketones is 1. The van der Waals surface area contributed by atoms with Gasteiger partial charge in [-0.05, 0) is 67.7 Å². The maximum atomic E-state index is 14.0. The highest BCUT2D eigenvalue weighted by Crippen LogP contribution is 2.53. The quantitative estimate of drug-likeness (QED) is 0.267. The summed E-state index contributed by atoms with van der Waals surface area (Å²) in [6.45, 7) is 0.714. The summed E-state index contributed by atoms with van der Waals surface area (Å²) in [4.78, 5) is 40.5. The molecule has 0 spiro atoms. The Kier molecular flexibility index (Phi) is 7.61. The maximum Gasteiger partial charge on any atom is 0.251 e. The molecule has 0 unspecified atom stereocenters. The van der Waals surface area contributed by atoms with Crippen LogP contribution in [-0.2, 0) is 20.7 Å². The van der Waals surface area contributed by atoms with Crippen LogP contribution in [0.15, 0.2) is 53.3 Å². The maximum absolute atomic E-state index is 14.0. The monoisotopic (exact) mass is 577 g/mol. The summed E-state index contributed by atoms with van der Waals surface area (Å²) in [5.41, 5.74) is 5.58. The fourth-order valence-electron chi connectivity index (χ4n) is 6.80. The summed E-state index contributed by atoms with van der Waals surface area (Å²) in [7, 11) is 4.88. The lowest BCUT2D eigenvalue weighted by Gasteiger charge is -2.51. The Bertz CT molecular complexity index is 1540. The van der Waals surface area contributed by atoms with Crippen molar-refractivity contribution in [3.63, 3.8) is 0 Å². The van der Waals surface area contributed by atoms with Crippen molar-refractivity contribution in [1.29, 1.82) is 0 Å². The van der Waals surface area contributed by atoms with Crippen LogP contribution < -0.4 is 11.1 Å². The second kappa shape index (κ2) is 10.9. The molecule has 0 heterocycles. The van der Waals surface area contributed by atoms with E-state index in [1.807, 2.05) is 6.07 Å². The third kappa shape index (κ3) is 4.63. The van der Waals surface area contributed by atoms with Gasteiger partial charge in [0.05, 0.1) is 23.8 Å². The Labute approximate surface area is 242 Å². The highest BCUT2D eigenvalue weighted by molar-refractivity contribution is 6.10. The van der Waals surface area contributed by atoms with Gasteiger partial charge in [-0.3, -0.25) is 19.3 Å². The van der Waals surface area contributed by atoms with Gasteiger partial charge in [-0.2, -0.15) is 0 Å². The van der Waals surface area contributed by atoms with Gasteiger partial charge in [0.1, 0.15) is 22.9 Å². The summed E-state index contributed by atoms with van der Waals surface area (Å²) in [6, 6.07) is 9.20. The zero-order chi connectivity index (χ0) is 30.5. The van der Waals surface area contributed by atoms with E-state index in [1.165, 1.54) is 6.07 Å². The number of carbonyl (C=O) groups is 3. The largest absolute Gasteiger partial charge is 0.510 e. The van der Waals surface area contributed by atoms with Gasteiger partial charge in [-0.25, -0.2) is 0 Å². The standard InChI is InChI=1S/C31H35N3O8/c1-34(2)25-21-13-17-12-19-18(15-5-4-6-16(11-15)30(40)33-9-10-42-3)7-8-22(35)24(19)27(37)23(17)28(38)31(21,41)14-20(26(25)36)29(32)39/h4-8,11,17,21,25,35-37,41H,9-10,12-14H2,1-3H3,(H2,32,39)(H,33,40)/t17-,21-,25-,31-/m0/s1. The number of nitrogens with zero attached hydrogens (tertiary/aromatic N) is 1. The second-order valence-corrected chi connectivity index (χ2v) is 11.4. The molecule has 2 amide bonds. The van der Waals surface area contributed by atoms with Crippen LogP contribution in [0.5, 0.6) is 5.75 Å². The zero-order valence-electron chi connectivity index (χ0n) is 23.7. The third-order valence-corrected chi connectivity index (χ3v) is 8.73. The fraction of sp³-hybridized carbons (Fsp3) is 0.387. The number of fused-ring (bicyclic) bond motifs is 3. The molecule has 1 saturated carbocycles. The summed E-state index contributed by atoms with van der Waals surface area (Å²) in [5, 5.41) is 47.9. The summed E-state index contributed by atoms with van der Waals surface area (Å²) < 4.78 is 4.99. The van der Waals surface area contributed by atoms with Crippen LogP contribution in [0, 0.1) is 11.8 Å². The number of phenolic OH excluding ortho intramolecular Hbond substituents is 1. The number of aliphatic hydroxyl groups excluding tert-OH is 2. The van der Waals surface area contributed by atoms with Crippen molar-refractivity contribution < 1.29 is 39.5 Å². The second-order valence-electron chi connectivity index (χ2n) is 11.4. The van der Waals surface area contributed by atoms with Crippen molar-refractivity contribution in [2.24, 2.45) is 17.6 Å². The van der Waals surface area contributed by atoms with E-state index in [0.29, 0.717) is 35.4 Å². The number of primary amides is 1. The molecule has 222 valence electrons. The first kappa shape index (κ1) is 29.3. The number of ether oxygens (including phenoxy) is 1. The first-order chi connectivity index (χ1) is 19.9. The smallest absolute Gasteiger partial charge is 0.251 e. The zero-order valence-corrected chi connectivity index (χ0v) is 23.7. The molecule has 7 N–H and O–H groups in total. The van der Waals surface area contributed by atoms with E-state index in [1.54, 1.807) is 50.4 Å². The predicted octanol–water partition coefficient (Wildman–Crippen LogP) is 1.83. The molecule has 0 radical (unpaired) electrons. The van der Waals surface area contributed by atoms with E-state index in [9.17, 15) is 34.8 Å². The lowest BCUT2D eigenvalue weighted by Crippen LogP contribution is -2.62. The third-order valence-electron chi connectivity index (χ3n) is 8.73. The normalized spacial score (nSPS) is 25.2. The number of likely N-dealkylation sites (N-methyl/N-ethyl adjacent to an activating group) is 1. The topological polar surface area (TPSA) is 183 Å². The lowest BCUT2D eigenvalue weighted by molar-refractivity contribution is -0.151. The van der Waals surface area contributed by atoms with Crippen molar-refractivity contribution in [3.05, 3.63) is 70.0 Å². The Morgan fingerprint density at radius 3 is 2.57 bits per heavy atom. The molecular formula is C31H35N3O8. The van der Waals surface area contributed by atoms with Crippen LogP contribution in [0.25, 0.3) is 16.9 Å². The summed E-state index contributed by atoms with van der Waals surface area (Å²) in [5.74, 6) is -4.28. The number of phenols is 1. The number of benzene rings is 2. The van der Waals surface area contributed by atoms with Crippen LogP contribution in [-0.4, -0.2) is 88.9 Å². The number of hydrogen-bond donors (Lipinski definition) is 6. The van der Waals surface area contributed by atoms with E-state index in [4.69, 9.17) is 10.5 Å². The van der Waals surface area contributed by atoms with E-state index >= 15 is 0 Å². The molecule has 0 aromatic heterocycles. The molecule has 11 heteroatoms. The average Bonchev–Trinajstić information content (AvgIpc) is 2.94. The molecule has 3 aliphatic carbocycles. The summed E-state index contributed by atoms with van der Waals surface area (Å²) in [6.07, 6.45) is -0.0327. The number of carbonyl (C=O) groups excluding carboxylic acids is 3. The highest BCUT2D eigenvalue weighted by Gasteiger charge is 2.60. The van der Waals surface area contributed by atoms with E-state index in [2.05, 4.69) is 5.32 Å². The SMILES string of the molecule is COCCNC(=O)c1cccc(-c2ccc(O)c3c2C[C@H]2C[C@H]4[C@H](N(C)C)C(O)=C(C(N)=O)C[C@@]4(O)C(=O)C2=C3O)c1.